The minimum Gasteiger partial charge on any atom is -0.389 e. The van der Waals surface area contributed by atoms with E-state index >= 15 is 0 Å². The van der Waals surface area contributed by atoms with Crippen LogP contribution >= 0.6 is 24.0 Å². The Kier molecular flexibility index (Phi) is 10.5. The van der Waals surface area contributed by atoms with Crippen molar-refractivity contribution in [2.75, 3.05) is 32.8 Å². The van der Waals surface area contributed by atoms with Crippen molar-refractivity contribution in [3.63, 3.8) is 0 Å². The molecule has 1 fully saturated rings. The normalized spacial score (nSPS) is 16.6. The highest BCUT2D eigenvalue weighted by Gasteiger charge is 2.44. The molecule has 1 unspecified atom stereocenters. The third-order valence-corrected chi connectivity index (χ3v) is 4.44. The summed E-state index contributed by atoms with van der Waals surface area (Å²) < 4.78 is 19.0. The highest BCUT2D eigenvalue weighted by molar-refractivity contribution is 14.0. The first-order valence-corrected chi connectivity index (χ1v) is 9.49. The molecule has 7 heteroatoms. The molecule has 154 valence electrons. The molecule has 3 N–H and O–H groups in total. The number of hydrogen-bond acceptors (Lipinski definition) is 3. The molecule has 0 radical (unpaired) electrons. The number of guanidine groups is 1. The van der Waals surface area contributed by atoms with Gasteiger partial charge in [-0.15, -0.1) is 24.0 Å². The zero-order chi connectivity index (χ0) is 19.0. The third-order valence-electron chi connectivity index (χ3n) is 4.44. The maximum atomic E-state index is 13.5. The van der Waals surface area contributed by atoms with E-state index in [1.807, 2.05) is 13.0 Å². The minimum absolute atomic E-state index is 0. The Morgan fingerprint density at radius 2 is 2.04 bits per heavy atom. The lowest BCUT2D eigenvalue weighted by molar-refractivity contribution is 0.0280. The Morgan fingerprint density at radius 1 is 1.30 bits per heavy atom. The van der Waals surface area contributed by atoms with E-state index in [4.69, 9.17) is 4.74 Å². The number of aliphatic imine (C=N–C) groups is 1. The number of ether oxygens (including phenoxy) is 1. The monoisotopic (exact) mass is 493 g/mol. The molecular formula is C20H33FIN3O2. The van der Waals surface area contributed by atoms with Gasteiger partial charge in [-0.2, -0.15) is 0 Å². The van der Waals surface area contributed by atoms with Gasteiger partial charge >= 0.3 is 0 Å². The molecule has 27 heavy (non-hydrogen) atoms. The SMILES string of the molecule is CCNC(=NCC1(c2cccc(F)c2)CC1)NCC(O)COCC(C)C.I. The van der Waals surface area contributed by atoms with E-state index in [1.165, 1.54) is 6.07 Å². The van der Waals surface area contributed by atoms with Gasteiger partial charge in [0.2, 0.25) is 0 Å². The van der Waals surface area contributed by atoms with Crippen molar-refractivity contribution < 1.29 is 14.2 Å². The first-order valence-electron chi connectivity index (χ1n) is 9.49. The van der Waals surface area contributed by atoms with Crippen LogP contribution in [0.3, 0.4) is 0 Å². The molecule has 1 atom stereocenters. The Balaban J connectivity index is 0.00000364. The Morgan fingerprint density at radius 3 is 2.63 bits per heavy atom. The molecule has 0 spiro atoms. The molecule has 1 saturated carbocycles. The number of rotatable bonds is 10. The van der Waals surface area contributed by atoms with Crippen LogP contribution in [0.4, 0.5) is 4.39 Å². The average molecular weight is 493 g/mol. The molecule has 1 aliphatic rings. The molecule has 5 nitrogen and oxygen atoms in total. The van der Waals surface area contributed by atoms with Gasteiger partial charge in [0.15, 0.2) is 5.96 Å². The Hall–Kier alpha value is -0.930. The summed E-state index contributed by atoms with van der Waals surface area (Å²) in [6.45, 7) is 8.80. The first kappa shape index (κ1) is 24.1. The number of halogens is 2. The van der Waals surface area contributed by atoms with E-state index in [1.54, 1.807) is 12.1 Å². The van der Waals surface area contributed by atoms with Crippen LogP contribution in [0, 0.1) is 11.7 Å². The summed E-state index contributed by atoms with van der Waals surface area (Å²) >= 11 is 0. The molecule has 1 aliphatic carbocycles. The smallest absolute Gasteiger partial charge is 0.191 e. The summed E-state index contributed by atoms with van der Waals surface area (Å²) in [5.74, 6) is 0.914. The standard InChI is InChI=1S/C20H32FN3O2.HI/c1-4-22-19(23-11-18(25)13-26-12-15(2)3)24-14-20(8-9-20)16-6-5-7-17(21)10-16;/h5-7,10,15,18,25H,4,8-9,11-14H2,1-3H3,(H2,22,23,24);1H. The van der Waals surface area contributed by atoms with Crippen LogP contribution in [-0.2, 0) is 10.2 Å². The second-order valence-electron chi connectivity index (χ2n) is 7.45. The fourth-order valence-electron chi connectivity index (χ4n) is 2.79. The Labute approximate surface area is 179 Å². The van der Waals surface area contributed by atoms with E-state index in [0.717, 1.165) is 24.9 Å². The molecule has 0 aliphatic heterocycles. The fraction of sp³-hybridized carbons (Fsp3) is 0.650. The molecule has 0 aromatic heterocycles. The van der Waals surface area contributed by atoms with E-state index in [2.05, 4.69) is 29.5 Å². The van der Waals surface area contributed by atoms with Crippen molar-refractivity contribution in [1.82, 2.24) is 10.6 Å². The number of nitrogens with one attached hydrogen (secondary N) is 2. The van der Waals surface area contributed by atoms with Crippen LogP contribution < -0.4 is 10.6 Å². The van der Waals surface area contributed by atoms with Crippen LogP contribution in [0.2, 0.25) is 0 Å². The van der Waals surface area contributed by atoms with Gasteiger partial charge in [-0.3, -0.25) is 4.99 Å². The summed E-state index contributed by atoms with van der Waals surface area (Å²) in [4.78, 5) is 4.65. The zero-order valence-corrected chi connectivity index (χ0v) is 18.8. The largest absolute Gasteiger partial charge is 0.389 e. The molecule has 1 aromatic carbocycles. The van der Waals surface area contributed by atoms with Gasteiger partial charge in [-0.1, -0.05) is 26.0 Å². The summed E-state index contributed by atoms with van der Waals surface area (Å²) in [5, 5.41) is 16.4. The van der Waals surface area contributed by atoms with Gasteiger partial charge in [-0.25, -0.2) is 4.39 Å². The molecule has 2 rings (SSSR count). The van der Waals surface area contributed by atoms with Gasteiger partial charge < -0.3 is 20.5 Å². The molecule has 0 amide bonds. The highest BCUT2D eigenvalue weighted by Crippen LogP contribution is 2.48. The predicted molar refractivity (Wildman–Crippen MR) is 118 cm³/mol. The maximum absolute atomic E-state index is 13.5. The summed E-state index contributed by atoms with van der Waals surface area (Å²) in [7, 11) is 0. The van der Waals surface area contributed by atoms with E-state index in [-0.39, 0.29) is 35.2 Å². The molecular weight excluding hydrogens is 460 g/mol. The Bertz CT molecular complexity index is 594. The average Bonchev–Trinajstić information content (AvgIpc) is 3.38. The predicted octanol–water partition coefficient (Wildman–Crippen LogP) is 3.06. The van der Waals surface area contributed by atoms with E-state index < -0.39 is 6.10 Å². The van der Waals surface area contributed by atoms with Crippen molar-refractivity contribution in [1.29, 1.82) is 0 Å². The highest BCUT2D eigenvalue weighted by atomic mass is 127. The second kappa shape index (κ2) is 11.8. The fourth-order valence-corrected chi connectivity index (χ4v) is 2.79. The van der Waals surface area contributed by atoms with Crippen molar-refractivity contribution >= 4 is 29.9 Å². The van der Waals surface area contributed by atoms with Crippen molar-refractivity contribution in [3.05, 3.63) is 35.6 Å². The van der Waals surface area contributed by atoms with Gasteiger partial charge in [0, 0.05) is 25.1 Å². The molecule has 0 heterocycles. The molecule has 0 saturated heterocycles. The van der Waals surface area contributed by atoms with Crippen LogP contribution in [0.25, 0.3) is 0 Å². The molecule has 1 aromatic rings. The topological polar surface area (TPSA) is 65.9 Å². The van der Waals surface area contributed by atoms with Crippen molar-refractivity contribution in [2.24, 2.45) is 10.9 Å². The summed E-state index contributed by atoms with van der Waals surface area (Å²) in [6, 6.07) is 6.81. The lowest BCUT2D eigenvalue weighted by Gasteiger charge is -2.18. The summed E-state index contributed by atoms with van der Waals surface area (Å²) in [5.41, 5.74) is 0.961. The minimum atomic E-state index is -0.587. The van der Waals surface area contributed by atoms with Crippen molar-refractivity contribution in [2.45, 2.75) is 45.1 Å². The maximum Gasteiger partial charge on any atom is 0.191 e. The lowest BCUT2D eigenvalue weighted by Crippen LogP contribution is -2.42. The first-order chi connectivity index (χ1) is 12.4. The number of nitrogens with zero attached hydrogens (tertiary/aromatic N) is 1. The number of aliphatic hydroxyl groups excluding tert-OH is 1. The van der Waals surface area contributed by atoms with Crippen LogP contribution in [0.15, 0.2) is 29.3 Å². The van der Waals surface area contributed by atoms with E-state index in [9.17, 15) is 9.50 Å². The van der Waals surface area contributed by atoms with Gasteiger partial charge in [0.25, 0.3) is 0 Å². The van der Waals surface area contributed by atoms with Gasteiger partial charge in [0.05, 0.1) is 19.3 Å². The van der Waals surface area contributed by atoms with Gasteiger partial charge in [0.1, 0.15) is 5.82 Å². The summed E-state index contributed by atoms with van der Waals surface area (Å²) in [6.07, 6.45) is 1.45. The van der Waals surface area contributed by atoms with Crippen molar-refractivity contribution in [3.8, 4) is 0 Å². The van der Waals surface area contributed by atoms with Gasteiger partial charge in [-0.05, 0) is 43.4 Å². The quantitative estimate of drug-likeness (QED) is 0.266. The molecule has 0 bridgehead atoms. The lowest BCUT2D eigenvalue weighted by atomic mass is 9.96. The zero-order valence-electron chi connectivity index (χ0n) is 16.5. The van der Waals surface area contributed by atoms with Crippen LogP contribution in [0.1, 0.15) is 39.2 Å². The van der Waals surface area contributed by atoms with E-state index in [0.29, 0.717) is 38.2 Å². The third kappa shape index (κ3) is 8.31. The number of aliphatic hydroxyl groups is 1. The van der Waals surface area contributed by atoms with Crippen LogP contribution in [-0.4, -0.2) is 50.0 Å². The van der Waals surface area contributed by atoms with Crippen LogP contribution in [0.5, 0.6) is 0 Å². The number of hydrogen-bond donors (Lipinski definition) is 3. The number of benzene rings is 1. The second-order valence-corrected chi connectivity index (χ2v) is 7.45.